The number of hydrogen-bond donors (Lipinski definition) is 3. The van der Waals surface area contributed by atoms with Crippen LogP contribution >= 0.6 is 0 Å². The van der Waals surface area contributed by atoms with Crippen LogP contribution in [0, 0.1) is 0 Å². The number of hydrogen-bond acceptors (Lipinski definition) is 9. The van der Waals surface area contributed by atoms with E-state index >= 15 is 0 Å². The van der Waals surface area contributed by atoms with Gasteiger partial charge in [0.2, 0.25) is 6.40 Å². The van der Waals surface area contributed by atoms with Crippen LogP contribution in [0.2, 0.25) is 0 Å². The zero-order valence-electron chi connectivity index (χ0n) is 33.4. The summed E-state index contributed by atoms with van der Waals surface area (Å²) in [5.41, 5.74) is 6.99. The van der Waals surface area contributed by atoms with E-state index in [1.165, 1.54) is 14.2 Å². The molecule has 8 rings (SSSR count). The maximum absolute atomic E-state index is 13.9. The summed E-state index contributed by atoms with van der Waals surface area (Å²) in [5, 5.41) is 2.72. The van der Waals surface area contributed by atoms with Crippen molar-refractivity contribution in [3.05, 3.63) is 143 Å². The van der Waals surface area contributed by atoms with Gasteiger partial charge in [-0.25, -0.2) is 19.8 Å². The fourth-order valence-corrected chi connectivity index (χ4v) is 8.05. The number of H-pyrrole nitrogens is 2. The predicted octanol–water partition coefficient (Wildman–Crippen LogP) is 7.90. The first kappa shape index (κ1) is 39.8. The zero-order chi connectivity index (χ0) is 41.4. The number of benzene rings is 4. The normalized spacial score (nSPS) is 17.7. The number of nitrogens with one attached hydrogen (secondary N) is 3. The van der Waals surface area contributed by atoms with Crippen LogP contribution in [0.15, 0.2) is 114 Å². The molecule has 14 heteroatoms. The standard InChI is InChI=1S/C46H46N8O6/c1-58-46(57)52-41(34-13-7-4-8-14-34)45(56)54-26-10-16-39(54)43-49-35-24-21-31(27-36(35)50-43)18-17-30-19-22-32(23-20-30)37-28-47-42(51-37)38-15-9-25-53(38)44(55)40(48-29-60-59-2)33-11-5-3-6-12-33/h3-8,11-14,17-24,27-29,38-41H,9-10,15-16,25-26H2,1-2H3,(H,47,51)(H,49,50)(H,52,57)/t38-,39-,40+,41+/m0/s1. The molecule has 2 fully saturated rings. The Kier molecular flexibility index (Phi) is 12.1. The molecule has 3 amide bonds. The maximum Gasteiger partial charge on any atom is 0.407 e. The molecule has 4 aromatic carbocycles. The van der Waals surface area contributed by atoms with Crippen LogP contribution in [-0.4, -0.2) is 81.4 Å². The van der Waals surface area contributed by atoms with Gasteiger partial charge >= 0.3 is 6.09 Å². The molecule has 2 aliphatic heterocycles. The van der Waals surface area contributed by atoms with Crippen molar-refractivity contribution in [2.24, 2.45) is 4.99 Å². The van der Waals surface area contributed by atoms with Crippen molar-refractivity contribution < 1.29 is 28.9 Å². The second kappa shape index (κ2) is 18.2. The molecule has 14 nitrogen and oxygen atoms in total. The molecule has 6 aromatic rings. The lowest BCUT2D eigenvalue weighted by Gasteiger charge is -2.28. The lowest BCUT2D eigenvalue weighted by molar-refractivity contribution is -0.188. The van der Waals surface area contributed by atoms with Crippen molar-refractivity contribution in [3.8, 4) is 11.3 Å². The number of aromatic amines is 2. The number of rotatable bonds is 13. The van der Waals surface area contributed by atoms with E-state index < -0.39 is 18.2 Å². The molecule has 4 heterocycles. The number of likely N-dealkylation sites (tertiary alicyclic amines) is 2. The van der Waals surface area contributed by atoms with E-state index in [2.05, 4.69) is 49.4 Å². The number of amides is 3. The first-order valence-corrected chi connectivity index (χ1v) is 20.0. The summed E-state index contributed by atoms with van der Waals surface area (Å²) < 4.78 is 4.83. The minimum absolute atomic E-state index is 0.128. The van der Waals surface area contributed by atoms with Gasteiger partial charge in [-0.05, 0) is 65.6 Å². The summed E-state index contributed by atoms with van der Waals surface area (Å²) in [6.45, 7) is 1.16. The molecule has 4 atom stereocenters. The Bertz CT molecular complexity index is 2480. The first-order valence-electron chi connectivity index (χ1n) is 20.0. The fourth-order valence-electron chi connectivity index (χ4n) is 8.05. The van der Waals surface area contributed by atoms with Gasteiger partial charge in [-0.2, -0.15) is 4.89 Å². The van der Waals surface area contributed by atoms with Gasteiger partial charge in [0.1, 0.15) is 17.7 Å². The molecule has 2 aromatic heterocycles. The molecule has 2 aliphatic rings. The van der Waals surface area contributed by atoms with Crippen LogP contribution in [-0.2, 0) is 24.1 Å². The molecule has 0 saturated carbocycles. The molecule has 2 saturated heterocycles. The van der Waals surface area contributed by atoms with Crippen LogP contribution < -0.4 is 5.32 Å². The third-order valence-corrected chi connectivity index (χ3v) is 11.0. The minimum atomic E-state index is -0.880. The maximum atomic E-state index is 13.9. The highest BCUT2D eigenvalue weighted by molar-refractivity contribution is 5.88. The van der Waals surface area contributed by atoms with E-state index in [9.17, 15) is 14.4 Å². The van der Waals surface area contributed by atoms with Crippen molar-refractivity contribution in [2.75, 3.05) is 27.3 Å². The van der Waals surface area contributed by atoms with E-state index in [1.807, 2.05) is 102 Å². The Balaban J connectivity index is 0.930. The molecule has 0 spiro atoms. The Labute approximate surface area is 347 Å². The average molecular weight is 807 g/mol. The summed E-state index contributed by atoms with van der Waals surface area (Å²) in [7, 11) is 2.67. The minimum Gasteiger partial charge on any atom is -0.453 e. The molecule has 60 heavy (non-hydrogen) atoms. The molecule has 0 unspecified atom stereocenters. The molecule has 306 valence electrons. The Morgan fingerprint density at radius 3 is 2.13 bits per heavy atom. The number of imidazole rings is 2. The number of fused-ring (bicyclic) bond motifs is 1. The number of carbonyl (C=O) groups is 3. The summed E-state index contributed by atoms with van der Waals surface area (Å²) in [4.78, 5) is 74.1. The number of nitrogens with zero attached hydrogens (tertiary/aromatic N) is 5. The number of alkyl carbamates (subject to hydrolysis) is 1. The Morgan fingerprint density at radius 1 is 0.783 bits per heavy atom. The number of aliphatic imine (C=N–C) groups is 1. The van der Waals surface area contributed by atoms with Crippen molar-refractivity contribution >= 4 is 47.5 Å². The van der Waals surface area contributed by atoms with E-state index in [4.69, 9.17) is 19.6 Å². The third kappa shape index (κ3) is 8.69. The molecule has 0 aliphatic carbocycles. The van der Waals surface area contributed by atoms with Crippen LogP contribution in [0.4, 0.5) is 4.79 Å². The van der Waals surface area contributed by atoms with Gasteiger partial charge in [0, 0.05) is 13.1 Å². The summed E-state index contributed by atoms with van der Waals surface area (Å²) in [6, 6.07) is 30.7. The number of methoxy groups -OCH3 is 1. The van der Waals surface area contributed by atoms with Gasteiger partial charge < -0.3 is 34.7 Å². The Morgan fingerprint density at radius 2 is 1.43 bits per heavy atom. The average Bonchev–Trinajstić information content (AvgIpc) is 4.13. The molecular formula is C46H46N8O6. The van der Waals surface area contributed by atoms with Crippen LogP contribution in [0.1, 0.15) is 83.8 Å². The summed E-state index contributed by atoms with van der Waals surface area (Å²) in [5.74, 6) is 1.11. The smallest absolute Gasteiger partial charge is 0.407 e. The van der Waals surface area contributed by atoms with Crippen LogP contribution in [0.3, 0.4) is 0 Å². The molecule has 0 bridgehead atoms. The van der Waals surface area contributed by atoms with Crippen molar-refractivity contribution in [1.82, 2.24) is 35.1 Å². The molecule has 3 N–H and O–H groups in total. The predicted molar refractivity (Wildman–Crippen MR) is 227 cm³/mol. The lowest BCUT2D eigenvalue weighted by Crippen LogP contribution is -2.42. The summed E-state index contributed by atoms with van der Waals surface area (Å²) >= 11 is 0. The first-order chi connectivity index (χ1) is 29.4. The number of ether oxygens (including phenoxy) is 1. The lowest BCUT2D eigenvalue weighted by atomic mass is 10.1. The van der Waals surface area contributed by atoms with Crippen molar-refractivity contribution in [3.63, 3.8) is 0 Å². The van der Waals surface area contributed by atoms with Crippen LogP contribution in [0.25, 0.3) is 34.4 Å². The number of aromatic nitrogens is 4. The Hall–Kier alpha value is -7.06. The second-order valence-electron chi connectivity index (χ2n) is 14.7. The van der Waals surface area contributed by atoms with Gasteiger partial charge in [0.15, 0.2) is 6.04 Å². The van der Waals surface area contributed by atoms with E-state index in [-0.39, 0.29) is 23.9 Å². The molecular weight excluding hydrogens is 761 g/mol. The van der Waals surface area contributed by atoms with Gasteiger partial charge in [-0.1, -0.05) is 103 Å². The van der Waals surface area contributed by atoms with E-state index in [1.54, 1.807) is 4.90 Å². The SMILES string of the molecule is COOC=N[C@@H](C(=O)N1CCC[C@H]1c1ncc(-c2ccc(C=Cc3ccc4nc([C@@H]5CCCN5C(=O)[C@H](NC(=O)OC)c5ccccc5)[nH]c4c3)cc2)[nH]1)c1ccccc1. The zero-order valence-corrected chi connectivity index (χ0v) is 33.4. The largest absolute Gasteiger partial charge is 0.453 e. The van der Waals surface area contributed by atoms with Crippen LogP contribution in [0.5, 0.6) is 0 Å². The van der Waals surface area contributed by atoms with Crippen molar-refractivity contribution in [1.29, 1.82) is 0 Å². The van der Waals surface area contributed by atoms with E-state index in [0.29, 0.717) is 24.5 Å². The highest BCUT2D eigenvalue weighted by Gasteiger charge is 2.38. The van der Waals surface area contributed by atoms with Gasteiger partial charge in [0.25, 0.3) is 11.8 Å². The second-order valence-corrected chi connectivity index (χ2v) is 14.7. The number of carbonyl (C=O) groups excluding carboxylic acids is 3. The highest BCUT2D eigenvalue weighted by Crippen LogP contribution is 2.36. The van der Waals surface area contributed by atoms with Gasteiger partial charge in [-0.15, -0.1) is 0 Å². The topological polar surface area (TPSA) is 167 Å². The fraction of sp³-hybridized carbons (Fsp3) is 0.261. The van der Waals surface area contributed by atoms with Crippen molar-refractivity contribution in [2.45, 2.75) is 49.9 Å². The quantitative estimate of drug-likeness (QED) is 0.0348. The third-order valence-electron chi connectivity index (χ3n) is 11.0. The molecule has 0 radical (unpaired) electrons. The monoisotopic (exact) mass is 806 g/mol. The summed E-state index contributed by atoms with van der Waals surface area (Å²) in [6.07, 6.45) is 9.63. The van der Waals surface area contributed by atoms with Gasteiger partial charge in [0.05, 0.1) is 49.2 Å². The highest BCUT2D eigenvalue weighted by atomic mass is 17.2. The van der Waals surface area contributed by atoms with Gasteiger partial charge in [-0.3, -0.25) is 9.59 Å². The van der Waals surface area contributed by atoms with E-state index in [0.717, 1.165) is 76.9 Å².